The van der Waals surface area contributed by atoms with Gasteiger partial charge in [-0.2, -0.15) is 0 Å². The van der Waals surface area contributed by atoms with Crippen molar-refractivity contribution >= 4 is 27.5 Å². The monoisotopic (exact) mass is 393 g/mol. The zero-order valence-electron chi connectivity index (χ0n) is 15.0. The van der Waals surface area contributed by atoms with E-state index in [1.54, 1.807) is 6.07 Å². The molecule has 0 aliphatic heterocycles. The average Bonchev–Trinajstić information content (AvgIpc) is 3.01. The lowest BCUT2D eigenvalue weighted by atomic mass is 10.0. The Bertz CT molecular complexity index is 1230. The van der Waals surface area contributed by atoms with E-state index in [0.717, 1.165) is 20.7 Å². The van der Waals surface area contributed by atoms with Crippen LogP contribution in [0.25, 0.3) is 21.3 Å². The number of fused-ring (bicyclic) bond motifs is 1. The van der Waals surface area contributed by atoms with Crippen LogP contribution in [0, 0.1) is 12.7 Å². The van der Waals surface area contributed by atoms with Gasteiger partial charge in [0.2, 0.25) is 5.91 Å². The van der Waals surface area contributed by atoms with Crippen LogP contribution in [0.4, 0.5) is 4.39 Å². The minimum absolute atomic E-state index is 0.0452. The maximum atomic E-state index is 13.3. The fourth-order valence-corrected chi connectivity index (χ4v) is 4.14. The number of amides is 1. The highest BCUT2D eigenvalue weighted by Crippen LogP contribution is 2.35. The van der Waals surface area contributed by atoms with E-state index in [4.69, 9.17) is 0 Å². The number of carbonyl (C=O) groups excluding carboxylic acids is 1. The molecule has 0 aliphatic carbocycles. The molecule has 2 aromatic carbocycles. The molecule has 0 radical (unpaired) electrons. The predicted molar refractivity (Wildman–Crippen MR) is 109 cm³/mol. The summed E-state index contributed by atoms with van der Waals surface area (Å²) >= 11 is 1.44. The molecule has 7 heteroatoms. The molecule has 5 nitrogen and oxygen atoms in total. The Kier molecular flexibility index (Phi) is 4.75. The molecular formula is C21H16FN3O2S. The normalized spacial score (nSPS) is 10.9. The molecule has 0 atom stereocenters. The Hall–Kier alpha value is -3.32. The molecule has 0 aliphatic rings. The van der Waals surface area contributed by atoms with Gasteiger partial charge in [0.05, 0.1) is 11.8 Å². The molecule has 4 rings (SSSR count). The number of benzene rings is 2. The number of rotatable bonds is 4. The third-order valence-corrected chi connectivity index (χ3v) is 5.36. The molecule has 2 aromatic heterocycles. The van der Waals surface area contributed by atoms with Gasteiger partial charge in [0.25, 0.3) is 5.56 Å². The van der Waals surface area contributed by atoms with E-state index >= 15 is 0 Å². The molecule has 0 fully saturated rings. The van der Waals surface area contributed by atoms with Crippen molar-refractivity contribution in [2.24, 2.45) is 0 Å². The third kappa shape index (κ3) is 3.44. The lowest BCUT2D eigenvalue weighted by Gasteiger charge is -2.08. The summed E-state index contributed by atoms with van der Waals surface area (Å²) in [5.74, 6) is -0.839. The third-order valence-electron chi connectivity index (χ3n) is 4.35. The lowest BCUT2D eigenvalue weighted by molar-refractivity contribution is -0.116. The number of thiophene rings is 1. The predicted octanol–water partition coefficient (Wildman–Crippen LogP) is 3.89. The molecular weight excluding hydrogens is 377 g/mol. The maximum Gasteiger partial charge on any atom is 0.281 e. The molecule has 0 unspecified atom stereocenters. The number of nitrogens with zero attached hydrogens (tertiary/aromatic N) is 2. The largest absolute Gasteiger partial charge is 0.281 e. The molecule has 1 amide bonds. The highest BCUT2D eigenvalue weighted by Gasteiger charge is 2.17. The molecule has 0 spiro atoms. The second-order valence-electron chi connectivity index (χ2n) is 6.34. The summed E-state index contributed by atoms with van der Waals surface area (Å²) in [4.78, 5) is 31.3. The summed E-state index contributed by atoms with van der Waals surface area (Å²) in [5, 5.41) is 0.474. The molecule has 0 bridgehead atoms. The summed E-state index contributed by atoms with van der Waals surface area (Å²) < 4.78 is 14.4. The van der Waals surface area contributed by atoms with E-state index in [0.29, 0.717) is 15.8 Å². The number of carbonyl (C=O) groups is 1. The van der Waals surface area contributed by atoms with Crippen molar-refractivity contribution in [2.75, 3.05) is 5.43 Å². The Morgan fingerprint density at radius 2 is 1.96 bits per heavy atom. The van der Waals surface area contributed by atoms with Crippen molar-refractivity contribution in [3.63, 3.8) is 0 Å². The van der Waals surface area contributed by atoms with Crippen LogP contribution >= 0.6 is 11.3 Å². The van der Waals surface area contributed by atoms with E-state index in [9.17, 15) is 14.0 Å². The van der Waals surface area contributed by atoms with Gasteiger partial charge in [0.15, 0.2) is 0 Å². The first-order valence-electron chi connectivity index (χ1n) is 8.63. The minimum Gasteiger partial charge on any atom is -0.273 e. The topological polar surface area (TPSA) is 64.0 Å². The van der Waals surface area contributed by atoms with Crippen molar-refractivity contribution in [1.82, 2.24) is 9.66 Å². The molecule has 2 heterocycles. The molecule has 0 saturated heterocycles. The summed E-state index contributed by atoms with van der Waals surface area (Å²) in [7, 11) is 0. The zero-order chi connectivity index (χ0) is 19.7. The van der Waals surface area contributed by atoms with Crippen LogP contribution in [-0.2, 0) is 11.2 Å². The molecule has 1 N–H and O–H groups in total. The van der Waals surface area contributed by atoms with Gasteiger partial charge in [0, 0.05) is 10.4 Å². The number of aromatic nitrogens is 2. The highest BCUT2D eigenvalue weighted by molar-refractivity contribution is 7.19. The van der Waals surface area contributed by atoms with Crippen molar-refractivity contribution in [1.29, 1.82) is 0 Å². The Balaban J connectivity index is 1.70. The molecule has 28 heavy (non-hydrogen) atoms. The van der Waals surface area contributed by atoms with Gasteiger partial charge in [-0.1, -0.05) is 42.5 Å². The van der Waals surface area contributed by atoms with Gasteiger partial charge in [-0.25, -0.2) is 14.1 Å². The number of hydrogen-bond acceptors (Lipinski definition) is 4. The van der Waals surface area contributed by atoms with Crippen LogP contribution in [-0.4, -0.2) is 15.6 Å². The van der Waals surface area contributed by atoms with Crippen LogP contribution in [0.15, 0.2) is 65.7 Å². The average molecular weight is 393 g/mol. The Labute approximate surface area is 164 Å². The van der Waals surface area contributed by atoms with Crippen molar-refractivity contribution < 1.29 is 9.18 Å². The van der Waals surface area contributed by atoms with Gasteiger partial charge in [-0.05, 0) is 30.2 Å². The van der Waals surface area contributed by atoms with Crippen molar-refractivity contribution in [3.8, 4) is 11.1 Å². The maximum absolute atomic E-state index is 13.3. The number of aryl methyl sites for hydroxylation is 1. The van der Waals surface area contributed by atoms with E-state index in [1.165, 1.54) is 35.9 Å². The van der Waals surface area contributed by atoms with Crippen LogP contribution < -0.4 is 11.0 Å². The second-order valence-corrected chi connectivity index (χ2v) is 7.54. The van der Waals surface area contributed by atoms with E-state index in [2.05, 4.69) is 10.4 Å². The van der Waals surface area contributed by atoms with Crippen LogP contribution in [0.2, 0.25) is 0 Å². The number of halogens is 1. The van der Waals surface area contributed by atoms with Gasteiger partial charge < -0.3 is 0 Å². The van der Waals surface area contributed by atoms with Gasteiger partial charge in [-0.15, -0.1) is 11.3 Å². The second kappa shape index (κ2) is 7.36. The molecule has 140 valence electrons. The summed E-state index contributed by atoms with van der Waals surface area (Å²) in [5.41, 5.74) is 4.47. The SMILES string of the molecule is Cc1sc2ncn(NC(=O)Cc3cccc(F)c3)c(=O)c2c1-c1ccccc1. The highest BCUT2D eigenvalue weighted by atomic mass is 32.1. The summed E-state index contributed by atoms with van der Waals surface area (Å²) in [6, 6.07) is 15.4. The minimum atomic E-state index is -0.429. The molecule has 0 saturated carbocycles. The fraction of sp³-hybridized carbons (Fsp3) is 0.0952. The summed E-state index contributed by atoms with van der Waals surface area (Å²) in [6.45, 7) is 1.95. The first-order chi connectivity index (χ1) is 13.5. The quantitative estimate of drug-likeness (QED) is 0.572. The van der Waals surface area contributed by atoms with Crippen molar-refractivity contribution in [3.05, 3.63) is 87.5 Å². The van der Waals surface area contributed by atoms with Crippen LogP contribution in [0.5, 0.6) is 0 Å². The zero-order valence-corrected chi connectivity index (χ0v) is 15.8. The summed E-state index contributed by atoms with van der Waals surface area (Å²) in [6.07, 6.45) is 1.26. The fourth-order valence-electron chi connectivity index (χ4n) is 3.14. The van der Waals surface area contributed by atoms with E-state index < -0.39 is 11.7 Å². The van der Waals surface area contributed by atoms with Gasteiger partial charge in [0.1, 0.15) is 17.0 Å². The smallest absolute Gasteiger partial charge is 0.273 e. The first kappa shape index (κ1) is 18.1. The van der Waals surface area contributed by atoms with Gasteiger partial charge in [-0.3, -0.25) is 15.0 Å². The van der Waals surface area contributed by atoms with E-state index in [-0.39, 0.29) is 12.0 Å². The standard InChI is InChI=1S/C21H16FN3O2S/c1-13-18(15-7-3-2-4-8-15)19-20(28-13)23-12-25(21(19)27)24-17(26)11-14-6-5-9-16(22)10-14/h2-10,12H,11H2,1H3,(H,24,26). The van der Waals surface area contributed by atoms with Crippen molar-refractivity contribution in [2.45, 2.75) is 13.3 Å². The number of nitrogens with one attached hydrogen (secondary N) is 1. The Morgan fingerprint density at radius 1 is 1.18 bits per heavy atom. The van der Waals surface area contributed by atoms with Gasteiger partial charge >= 0.3 is 0 Å². The van der Waals surface area contributed by atoms with Crippen LogP contribution in [0.3, 0.4) is 0 Å². The Morgan fingerprint density at radius 3 is 2.71 bits per heavy atom. The van der Waals surface area contributed by atoms with E-state index in [1.807, 2.05) is 37.3 Å². The molecule has 4 aromatic rings. The number of hydrogen-bond donors (Lipinski definition) is 1. The lowest BCUT2D eigenvalue weighted by Crippen LogP contribution is -2.34. The van der Waals surface area contributed by atoms with Crippen LogP contribution in [0.1, 0.15) is 10.4 Å². The first-order valence-corrected chi connectivity index (χ1v) is 9.45.